The quantitative estimate of drug-likeness (QED) is 0.487. The monoisotopic (exact) mass is 346 g/mol. The van der Waals surface area contributed by atoms with E-state index in [1.165, 1.54) is 12.8 Å². The zero-order valence-corrected chi connectivity index (χ0v) is 15.5. The zero-order chi connectivity index (χ0) is 17.5. The number of hydrogen-bond acceptors (Lipinski definition) is 4. The zero-order valence-electron chi connectivity index (χ0n) is 15.5. The number of guanidine groups is 1. The Morgan fingerprint density at radius 3 is 3.16 bits per heavy atom. The van der Waals surface area contributed by atoms with Crippen LogP contribution in [0, 0.1) is 5.41 Å². The normalized spacial score (nSPS) is 23.4. The predicted octanol–water partition coefficient (Wildman–Crippen LogP) is 2.45. The smallest absolute Gasteiger partial charge is 0.218 e. The standard InChI is InChI=1S/C19H30N4O2/c1-3-4-11-25-17-16(6-5-9-21-17)13-22-18(20-2)23-10-7-19(14-23)8-12-24-15-19/h5-6,9H,3-4,7-8,10-15H2,1-2H3,(H,20,22). The lowest BCUT2D eigenvalue weighted by molar-refractivity contribution is 0.156. The second kappa shape index (κ2) is 8.52. The van der Waals surface area contributed by atoms with Crippen LogP contribution in [0.5, 0.6) is 5.88 Å². The van der Waals surface area contributed by atoms with Crippen LogP contribution in [-0.4, -0.2) is 55.8 Å². The first-order chi connectivity index (χ1) is 12.3. The van der Waals surface area contributed by atoms with E-state index in [9.17, 15) is 0 Å². The highest BCUT2D eigenvalue weighted by molar-refractivity contribution is 5.80. The Balaban J connectivity index is 1.57. The van der Waals surface area contributed by atoms with Gasteiger partial charge in [-0.25, -0.2) is 4.98 Å². The molecule has 3 heterocycles. The molecule has 1 spiro atoms. The minimum absolute atomic E-state index is 0.334. The van der Waals surface area contributed by atoms with Gasteiger partial charge in [0.25, 0.3) is 0 Å². The van der Waals surface area contributed by atoms with Crippen molar-refractivity contribution < 1.29 is 9.47 Å². The van der Waals surface area contributed by atoms with Gasteiger partial charge in [-0.15, -0.1) is 0 Å². The molecule has 1 unspecified atom stereocenters. The molecule has 6 heteroatoms. The SMILES string of the molecule is CCCCOc1ncccc1CNC(=NC)N1CCC2(CCOC2)C1. The maximum atomic E-state index is 5.82. The van der Waals surface area contributed by atoms with E-state index in [0.717, 1.165) is 56.5 Å². The Labute approximate surface area is 150 Å². The lowest BCUT2D eigenvalue weighted by atomic mass is 9.87. The molecule has 2 fully saturated rings. The minimum Gasteiger partial charge on any atom is -0.477 e. The Morgan fingerprint density at radius 2 is 2.40 bits per heavy atom. The van der Waals surface area contributed by atoms with E-state index in [2.05, 4.69) is 33.2 Å². The largest absolute Gasteiger partial charge is 0.477 e. The Bertz CT molecular complexity index is 585. The second-order valence-electron chi connectivity index (χ2n) is 7.04. The molecule has 6 nitrogen and oxygen atoms in total. The van der Waals surface area contributed by atoms with Crippen LogP contribution >= 0.6 is 0 Å². The highest BCUT2D eigenvalue weighted by Crippen LogP contribution is 2.38. The maximum Gasteiger partial charge on any atom is 0.218 e. The van der Waals surface area contributed by atoms with Crippen LogP contribution in [0.3, 0.4) is 0 Å². The fourth-order valence-electron chi connectivity index (χ4n) is 3.60. The molecular weight excluding hydrogens is 316 g/mol. The number of nitrogens with one attached hydrogen (secondary N) is 1. The topological polar surface area (TPSA) is 59.0 Å². The van der Waals surface area contributed by atoms with Gasteiger partial charge in [0.1, 0.15) is 0 Å². The van der Waals surface area contributed by atoms with Crippen molar-refractivity contribution in [2.24, 2.45) is 10.4 Å². The van der Waals surface area contributed by atoms with Crippen molar-refractivity contribution in [3.05, 3.63) is 23.9 Å². The minimum atomic E-state index is 0.334. The van der Waals surface area contributed by atoms with Crippen LogP contribution in [-0.2, 0) is 11.3 Å². The summed E-state index contributed by atoms with van der Waals surface area (Å²) < 4.78 is 11.4. The molecule has 0 aromatic carbocycles. The van der Waals surface area contributed by atoms with Crippen LogP contribution in [0.4, 0.5) is 0 Å². The van der Waals surface area contributed by atoms with Crippen molar-refractivity contribution in [3.63, 3.8) is 0 Å². The second-order valence-corrected chi connectivity index (χ2v) is 7.04. The first kappa shape index (κ1) is 18.0. The highest BCUT2D eigenvalue weighted by Gasteiger charge is 2.42. The molecular formula is C19H30N4O2. The van der Waals surface area contributed by atoms with Gasteiger partial charge in [0.15, 0.2) is 5.96 Å². The molecule has 138 valence electrons. The molecule has 0 bridgehead atoms. The first-order valence-corrected chi connectivity index (χ1v) is 9.36. The summed E-state index contributed by atoms with van der Waals surface area (Å²) in [6.45, 7) is 7.39. The molecule has 2 aliphatic heterocycles. The number of likely N-dealkylation sites (tertiary alicyclic amines) is 1. The summed E-state index contributed by atoms with van der Waals surface area (Å²) in [7, 11) is 1.85. The van der Waals surface area contributed by atoms with Crippen LogP contribution in [0.2, 0.25) is 0 Å². The third kappa shape index (κ3) is 4.42. The van der Waals surface area contributed by atoms with Gasteiger partial charge < -0.3 is 19.7 Å². The van der Waals surface area contributed by atoms with Gasteiger partial charge >= 0.3 is 0 Å². The summed E-state index contributed by atoms with van der Waals surface area (Å²) in [5.41, 5.74) is 1.40. The van der Waals surface area contributed by atoms with Crippen molar-refractivity contribution in [1.29, 1.82) is 0 Å². The number of ether oxygens (including phenoxy) is 2. The predicted molar refractivity (Wildman–Crippen MR) is 98.9 cm³/mol. The summed E-state index contributed by atoms with van der Waals surface area (Å²) in [5.74, 6) is 1.67. The van der Waals surface area contributed by atoms with Crippen molar-refractivity contribution in [1.82, 2.24) is 15.2 Å². The van der Waals surface area contributed by atoms with Crippen LogP contribution < -0.4 is 10.1 Å². The molecule has 0 aliphatic carbocycles. The van der Waals surface area contributed by atoms with Crippen molar-refractivity contribution in [3.8, 4) is 5.88 Å². The van der Waals surface area contributed by atoms with Crippen LogP contribution in [0.15, 0.2) is 23.3 Å². The molecule has 2 aliphatic rings. The Morgan fingerprint density at radius 1 is 1.48 bits per heavy atom. The van der Waals surface area contributed by atoms with Gasteiger partial charge in [-0.2, -0.15) is 0 Å². The van der Waals surface area contributed by atoms with E-state index in [1.807, 2.05) is 13.1 Å². The lowest BCUT2D eigenvalue weighted by Gasteiger charge is -2.25. The van der Waals surface area contributed by atoms with Gasteiger partial charge in [-0.3, -0.25) is 4.99 Å². The molecule has 1 atom stereocenters. The van der Waals surface area contributed by atoms with Gasteiger partial charge in [-0.1, -0.05) is 19.4 Å². The number of aromatic nitrogens is 1. The average molecular weight is 346 g/mol. The number of rotatable bonds is 6. The summed E-state index contributed by atoms with van der Waals surface area (Å²) in [5, 5.41) is 3.48. The lowest BCUT2D eigenvalue weighted by Crippen LogP contribution is -2.41. The molecule has 0 saturated carbocycles. The first-order valence-electron chi connectivity index (χ1n) is 9.36. The average Bonchev–Trinajstić information content (AvgIpc) is 3.27. The Kier molecular flexibility index (Phi) is 6.13. The number of pyridine rings is 1. The summed E-state index contributed by atoms with van der Waals surface area (Å²) in [6, 6.07) is 4.01. The van der Waals surface area contributed by atoms with Gasteiger partial charge in [0.2, 0.25) is 5.88 Å². The highest BCUT2D eigenvalue weighted by atomic mass is 16.5. The van der Waals surface area contributed by atoms with E-state index in [-0.39, 0.29) is 0 Å². The fourth-order valence-corrected chi connectivity index (χ4v) is 3.60. The summed E-state index contributed by atoms with van der Waals surface area (Å²) >= 11 is 0. The number of unbranched alkanes of at least 4 members (excludes halogenated alkanes) is 1. The van der Waals surface area contributed by atoms with Crippen LogP contribution in [0.25, 0.3) is 0 Å². The fraction of sp³-hybridized carbons (Fsp3) is 0.684. The van der Waals surface area contributed by atoms with E-state index in [1.54, 1.807) is 6.20 Å². The third-order valence-electron chi connectivity index (χ3n) is 5.16. The number of hydrogen-bond donors (Lipinski definition) is 1. The van der Waals surface area contributed by atoms with Crippen molar-refractivity contribution in [2.75, 3.05) is 40.0 Å². The summed E-state index contributed by atoms with van der Waals surface area (Å²) in [6.07, 6.45) is 6.30. The van der Waals surface area contributed by atoms with Gasteiger partial charge in [0, 0.05) is 50.5 Å². The molecule has 1 aromatic rings. The van der Waals surface area contributed by atoms with Gasteiger partial charge in [-0.05, 0) is 25.3 Å². The molecule has 1 aromatic heterocycles. The van der Waals surface area contributed by atoms with Crippen molar-refractivity contribution in [2.45, 2.75) is 39.2 Å². The molecule has 1 N–H and O–H groups in total. The van der Waals surface area contributed by atoms with Gasteiger partial charge in [0.05, 0.1) is 13.2 Å². The molecule has 2 saturated heterocycles. The van der Waals surface area contributed by atoms with E-state index in [4.69, 9.17) is 9.47 Å². The number of aliphatic imine (C=N–C) groups is 1. The molecule has 25 heavy (non-hydrogen) atoms. The molecule has 0 amide bonds. The van der Waals surface area contributed by atoms with Crippen LogP contribution in [0.1, 0.15) is 38.2 Å². The third-order valence-corrected chi connectivity index (χ3v) is 5.16. The van der Waals surface area contributed by atoms with E-state index < -0.39 is 0 Å². The Hall–Kier alpha value is -1.82. The van der Waals surface area contributed by atoms with Crippen molar-refractivity contribution >= 4 is 5.96 Å². The number of nitrogens with zero attached hydrogens (tertiary/aromatic N) is 3. The van der Waals surface area contributed by atoms with E-state index >= 15 is 0 Å². The molecule has 0 radical (unpaired) electrons. The van der Waals surface area contributed by atoms with E-state index in [0.29, 0.717) is 18.6 Å². The summed E-state index contributed by atoms with van der Waals surface area (Å²) in [4.78, 5) is 11.2. The maximum absolute atomic E-state index is 5.82. The molecule has 3 rings (SSSR count).